The molecule has 3 N–H and O–H groups in total. The van der Waals surface area contributed by atoms with Crippen molar-refractivity contribution in [2.75, 3.05) is 13.1 Å². The molecule has 1 unspecified atom stereocenters. The van der Waals surface area contributed by atoms with Gasteiger partial charge in [-0.3, -0.25) is 4.79 Å². The van der Waals surface area contributed by atoms with Crippen LogP contribution in [0.1, 0.15) is 98.2 Å². The van der Waals surface area contributed by atoms with Crippen molar-refractivity contribution in [3.63, 3.8) is 0 Å². The first-order chi connectivity index (χ1) is 16.2. The summed E-state index contributed by atoms with van der Waals surface area (Å²) in [5.74, 6) is 0.480. The molecule has 1 atom stereocenters. The number of aliphatic imine (C=N–C) groups is 1. The van der Waals surface area contributed by atoms with Crippen LogP contribution in [-0.2, 0) is 4.79 Å². The molecule has 0 saturated heterocycles. The highest BCUT2D eigenvalue weighted by Gasteiger charge is 2.47. The number of aromatic amines is 1. The van der Waals surface area contributed by atoms with E-state index in [4.69, 9.17) is 5.41 Å². The van der Waals surface area contributed by atoms with Gasteiger partial charge in [-0.1, -0.05) is 34.1 Å². The third kappa shape index (κ3) is 8.07. The smallest absolute Gasteiger partial charge is 0.354 e. The molecule has 0 bridgehead atoms. The fraction of sp³-hybridized carbons (Fsp3) is 0.760. The van der Waals surface area contributed by atoms with Crippen LogP contribution in [0, 0.1) is 16.2 Å². The number of nitrogens with zero attached hydrogens (tertiary/aromatic N) is 3. The van der Waals surface area contributed by atoms with Crippen molar-refractivity contribution >= 4 is 23.4 Å². The van der Waals surface area contributed by atoms with Gasteiger partial charge >= 0.3 is 6.18 Å². The van der Waals surface area contributed by atoms with E-state index in [1.807, 2.05) is 0 Å². The second-order valence-corrected chi connectivity index (χ2v) is 10.6. The fourth-order valence-electron chi connectivity index (χ4n) is 4.38. The van der Waals surface area contributed by atoms with E-state index in [1.54, 1.807) is 6.92 Å². The number of amides is 1. The summed E-state index contributed by atoms with van der Waals surface area (Å²) in [7, 11) is 0. The summed E-state index contributed by atoms with van der Waals surface area (Å²) in [5, 5.41) is 11.1. The summed E-state index contributed by atoms with van der Waals surface area (Å²) in [6, 6.07) is -0.652. The van der Waals surface area contributed by atoms with Gasteiger partial charge in [0.2, 0.25) is 11.9 Å². The Morgan fingerprint density at radius 2 is 1.94 bits per heavy atom. The zero-order chi connectivity index (χ0) is 26.4. The molecule has 0 spiro atoms. The largest absolute Gasteiger partial charge is 0.393 e. The molecule has 1 fully saturated rings. The van der Waals surface area contributed by atoms with Gasteiger partial charge in [0.1, 0.15) is 0 Å². The Balaban J connectivity index is 2.28. The van der Waals surface area contributed by atoms with E-state index in [9.17, 15) is 18.0 Å². The van der Waals surface area contributed by atoms with Crippen LogP contribution in [0.5, 0.6) is 0 Å². The predicted octanol–water partition coefficient (Wildman–Crippen LogP) is 6.32. The number of hydrogen-bond acceptors (Lipinski definition) is 4. The van der Waals surface area contributed by atoms with Crippen LogP contribution in [0.4, 0.5) is 19.1 Å². The molecule has 2 rings (SSSR count). The zero-order valence-corrected chi connectivity index (χ0v) is 21.9. The molecular weight excluding hydrogens is 457 g/mol. The first kappa shape index (κ1) is 28.8. The van der Waals surface area contributed by atoms with Crippen LogP contribution < -0.4 is 5.32 Å². The molecule has 0 aromatic carbocycles. The molecule has 7 nitrogen and oxygen atoms in total. The highest BCUT2D eigenvalue weighted by molar-refractivity contribution is 6.39. The molecule has 1 saturated carbocycles. The Morgan fingerprint density at radius 1 is 1.29 bits per heavy atom. The molecule has 0 aliphatic heterocycles. The number of nitrogens with one attached hydrogen (secondary N) is 3. The number of halogens is 3. The lowest BCUT2D eigenvalue weighted by molar-refractivity contribution is -0.214. The van der Waals surface area contributed by atoms with Crippen molar-refractivity contribution in [2.24, 2.45) is 15.8 Å². The summed E-state index contributed by atoms with van der Waals surface area (Å²) < 4.78 is 40.0. The maximum absolute atomic E-state index is 13.3. The van der Waals surface area contributed by atoms with E-state index in [-0.39, 0.29) is 30.1 Å². The zero-order valence-electron chi connectivity index (χ0n) is 21.9. The Hall–Kier alpha value is -2.39. The van der Waals surface area contributed by atoms with Crippen LogP contribution in [0.15, 0.2) is 11.2 Å². The average Bonchev–Trinajstić information content (AvgIpc) is 3.32. The summed E-state index contributed by atoms with van der Waals surface area (Å²) in [6.07, 6.45) is 2.64. The van der Waals surface area contributed by atoms with Crippen LogP contribution in [0.2, 0.25) is 0 Å². The van der Waals surface area contributed by atoms with E-state index in [1.165, 1.54) is 26.0 Å². The van der Waals surface area contributed by atoms with Crippen molar-refractivity contribution < 1.29 is 18.0 Å². The predicted molar refractivity (Wildman–Crippen MR) is 133 cm³/mol. The fourth-order valence-corrected chi connectivity index (χ4v) is 4.38. The lowest BCUT2D eigenvalue weighted by Crippen LogP contribution is -2.40. The van der Waals surface area contributed by atoms with Crippen molar-refractivity contribution in [2.45, 2.75) is 98.7 Å². The van der Waals surface area contributed by atoms with Gasteiger partial charge in [-0.15, -0.1) is 0 Å². The van der Waals surface area contributed by atoms with Gasteiger partial charge in [-0.25, -0.2) is 4.98 Å². The SMILES string of the molecule is CCCN(CC1(CCC)CC1)/C(=N/c1ncc(C(CCC(C)(C)C(F)(F)F)NC(C)=O)[nH]1)C(C)=N. The third-order valence-corrected chi connectivity index (χ3v) is 6.76. The number of carbonyl (C=O) groups excluding carboxylic acids is 1. The van der Waals surface area contributed by atoms with Crippen LogP contribution >= 0.6 is 0 Å². The summed E-state index contributed by atoms with van der Waals surface area (Å²) >= 11 is 0. The minimum Gasteiger partial charge on any atom is -0.354 e. The van der Waals surface area contributed by atoms with Crippen molar-refractivity contribution in [3.8, 4) is 0 Å². The Kier molecular flexibility index (Phi) is 9.53. The van der Waals surface area contributed by atoms with E-state index < -0.39 is 17.6 Å². The lowest BCUT2D eigenvalue weighted by Gasteiger charge is -2.30. The van der Waals surface area contributed by atoms with Crippen molar-refractivity contribution in [3.05, 3.63) is 11.9 Å². The molecule has 35 heavy (non-hydrogen) atoms. The number of alkyl halides is 3. The number of hydrogen-bond donors (Lipinski definition) is 3. The molecule has 1 aliphatic rings. The van der Waals surface area contributed by atoms with Gasteiger partial charge in [-0.05, 0) is 50.9 Å². The van der Waals surface area contributed by atoms with Crippen molar-refractivity contribution in [1.82, 2.24) is 20.2 Å². The van der Waals surface area contributed by atoms with Gasteiger partial charge in [0.25, 0.3) is 0 Å². The minimum atomic E-state index is -4.34. The van der Waals surface area contributed by atoms with E-state index in [0.29, 0.717) is 17.2 Å². The second-order valence-electron chi connectivity index (χ2n) is 10.6. The minimum absolute atomic E-state index is 0.0926. The molecule has 0 radical (unpaired) electrons. The van der Waals surface area contributed by atoms with Gasteiger partial charge in [0.05, 0.1) is 29.1 Å². The van der Waals surface area contributed by atoms with E-state index >= 15 is 0 Å². The van der Waals surface area contributed by atoms with Crippen LogP contribution in [-0.4, -0.2) is 51.6 Å². The first-order valence-electron chi connectivity index (χ1n) is 12.5. The molecule has 1 aliphatic carbocycles. The van der Waals surface area contributed by atoms with E-state index in [0.717, 1.165) is 46.2 Å². The van der Waals surface area contributed by atoms with Crippen LogP contribution in [0.3, 0.4) is 0 Å². The number of aromatic nitrogens is 2. The highest BCUT2D eigenvalue weighted by Crippen LogP contribution is 2.50. The topological polar surface area (TPSA) is 97.2 Å². The molecule has 10 heteroatoms. The average molecular weight is 499 g/mol. The Morgan fingerprint density at radius 3 is 2.43 bits per heavy atom. The molecule has 198 valence electrons. The third-order valence-electron chi connectivity index (χ3n) is 6.76. The number of rotatable bonds is 13. The van der Waals surface area contributed by atoms with Gasteiger partial charge < -0.3 is 20.6 Å². The summed E-state index contributed by atoms with van der Waals surface area (Å²) in [4.78, 5) is 25.9. The maximum Gasteiger partial charge on any atom is 0.393 e. The van der Waals surface area contributed by atoms with Gasteiger partial charge in [0, 0.05) is 20.0 Å². The molecule has 1 amide bonds. The first-order valence-corrected chi connectivity index (χ1v) is 12.5. The standard InChI is InChI=1S/C25H41F3N6O/c1-7-10-24(12-13-24)16-34(14-8-2)21(17(3)29)33-22-30-15-20(32-22)19(31-18(4)35)9-11-23(5,6)25(26,27)28/h15,19,29H,7-14,16H2,1-6H3,(H,30,32)(H,31,35)/b29-17?,33-21+. The summed E-state index contributed by atoms with van der Waals surface area (Å²) in [6.45, 7) is 11.2. The quantitative estimate of drug-likeness (QED) is 0.219. The van der Waals surface area contributed by atoms with Gasteiger partial charge in [-0.2, -0.15) is 18.2 Å². The van der Waals surface area contributed by atoms with E-state index in [2.05, 4.69) is 39.0 Å². The van der Waals surface area contributed by atoms with Crippen LogP contribution in [0.25, 0.3) is 0 Å². The second kappa shape index (κ2) is 11.6. The highest BCUT2D eigenvalue weighted by atomic mass is 19.4. The molecule has 1 aromatic heterocycles. The lowest BCUT2D eigenvalue weighted by atomic mass is 9.85. The normalized spacial score (nSPS) is 16.7. The van der Waals surface area contributed by atoms with Gasteiger partial charge in [0.15, 0.2) is 5.84 Å². The monoisotopic (exact) mass is 498 g/mol. The number of H-pyrrole nitrogens is 1. The molecule has 1 aromatic rings. The number of amidine groups is 1. The Bertz CT molecular complexity index is 901. The Labute approximate surface area is 206 Å². The molecule has 1 heterocycles. The summed E-state index contributed by atoms with van der Waals surface area (Å²) in [5.41, 5.74) is -0.775. The number of imidazole rings is 1. The maximum atomic E-state index is 13.3. The molecular formula is C25H41F3N6O. The van der Waals surface area contributed by atoms with Crippen molar-refractivity contribution in [1.29, 1.82) is 5.41 Å². The number of carbonyl (C=O) groups is 1.